The van der Waals surface area contributed by atoms with Crippen LogP contribution in [0.4, 0.5) is 8.78 Å². The molecule has 0 unspecified atom stereocenters. The number of nitrogens with zero attached hydrogens (tertiary/aromatic N) is 5. The second-order valence-electron chi connectivity index (χ2n) is 4.91. The highest BCUT2D eigenvalue weighted by molar-refractivity contribution is 5.58. The molecule has 0 aliphatic rings. The normalized spacial score (nSPS) is 11.5. The zero-order valence-electron chi connectivity index (χ0n) is 11.9. The second kappa shape index (κ2) is 5.63. The molecule has 0 fully saturated rings. The van der Waals surface area contributed by atoms with Gasteiger partial charge in [0.25, 0.3) is 6.43 Å². The molecule has 3 heterocycles. The summed E-state index contributed by atoms with van der Waals surface area (Å²) in [7, 11) is 0. The first kappa shape index (κ1) is 14.3. The summed E-state index contributed by atoms with van der Waals surface area (Å²) < 4.78 is 32.4. The molecule has 0 aliphatic heterocycles. The SMILES string of the molecule is CC(C)Oc1ccc(-c2cn3c(C(F)F)nnc3cn2)cn1. The number of hydrogen-bond donors (Lipinski definition) is 0. The maximum Gasteiger partial charge on any atom is 0.297 e. The van der Waals surface area contributed by atoms with Gasteiger partial charge < -0.3 is 4.74 Å². The molecule has 0 saturated carbocycles. The van der Waals surface area contributed by atoms with Crippen molar-refractivity contribution in [2.24, 2.45) is 0 Å². The van der Waals surface area contributed by atoms with Crippen LogP contribution in [0.2, 0.25) is 0 Å². The smallest absolute Gasteiger partial charge is 0.297 e. The quantitative estimate of drug-likeness (QED) is 0.741. The van der Waals surface area contributed by atoms with Gasteiger partial charge in [0.15, 0.2) is 5.65 Å². The molecule has 0 spiro atoms. The van der Waals surface area contributed by atoms with Crippen LogP contribution in [0, 0.1) is 0 Å². The maximum absolute atomic E-state index is 12.9. The maximum atomic E-state index is 12.9. The van der Waals surface area contributed by atoms with Crippen molar-refractivity contribution in [3.8, 4) is 17.1 Å². The molecular formula is C14H13F2N5O. The third kappa shape index (κ3) is 2.72. The first-order chi connectivity index (χ1) is 10.5. The van der Waals surface area contributed by atoms with E-state index in [0.29, 0.717) is 17.1 Å². The Morgan fingerprint density at radius 1 is 1.09 bits per heavy atom. The van der Waals surface area contributed by atoms with Gasteiger partial charge in [0.2, 0.25) is 11.7 Å². The highest BCUT2D eigenvalue weighted by Crippen LogP contribution is 2.22. The van der Waals surface area contributed by atoms with Crippen molar-refractivity contribution in [3.05, 3.63) is 36.5 Å². The number of alkyl halides is 2. The molecule has 3 aromatic rings. The summed E-state index contributed by atoms with van der Waals surface area (Å²) in [5.41, 5.74) is 1.46. The summed E-state index contributed by atoms with van der Waals surface area (Å²) in [6, 6.07) is 3.48. The van der Waals surface area contributed by atoms with Gasteiger partial charge in [-0.1, -0.05) is 0 Å². The van der Waals surface area contributed by atoms with Gasteiger partial charge in [-0.3, -0.25) is 9.38 Å². The summed E-state index contributed by atoms with van der Waals surface area (Å²) in [6.07, 6.45) is 1.77. The van der Waals surface area contributed by atoms with Crippen LogP contribution < -0.4 is 4.74 Å². The lowest BCUT2D eigenvalue weighted by Crippen LogP contribution is -2.06. The second-order valence-corrected chi connectivity index (χ2v) is 4.91. The molecule has 114 valence electrons. The van der Waals surface area contributed by atoms with Crippen molar-refractivity contribution in [1.29, 1.82) is 0 Å². The number of pyridine rings is 1. The van der Waals surface area contributed by atoms with Crippen LogP contribution in [0.25, 0.3) is 16.9 Å². The summed E-state index contributed by atoms with van der Waals surface area (Å²) in [5.74, 6) is 0.0868. The Balaban J connectivity index is 1.97. The van der Waals surface area contributed by atoms with Crippen molar-refractivity contribution < 1.29 is 13.5 Å². The molecule has 22 heavy (non-hydrogen) atoms. The zero-order valence-corrected chi connectivity index (χ0v) is 11.9. The molecule has 3 rings (SSSR count). The van der Waals surface area contributed by atoms with E-state index in [1.807, 2.05) is 13.8 Å². The lowest BCUT2D eigenvalue weighted by molar-refractivity contribution is 0.139. The van der Waals surface area contributed by atoms with E-state index < -0.39 is 12.2 Å². The molecule has 0 amide bonds. The molecule has 8 heteroatoms. The van der Waals surface area contributed by atoms with E-state index in [4.69, 9.17) is 4.74 Å². The van der Waals surface area contributed by atoms with Gasteiger partial charge in [-0.15, -0.1) is 10.2 Å². The molecule has 0 atom stereocenters. The predicted octanol–water partition coefficient (Wildman–Crippen LogP) is 2.91. The lowest BCUT2D eigenvalue weighted by atomic mass is 10.2. The topological polar surface area (TPSA) is 65.2 Å². The van der Waals surface area contributed by atoms with E-state index in [0.717, 1.165) is 0 Å². The monoisotopic (exact) mass is 305 g/mol. The first-order valence-corrected chi connectivity index (χ1v) is 6.66. The fourth-order valence-electron chi connectivity index (χ4n) is 1.96. The van der Waals surface area contributed by atoms with E-state index in [1.54, 1.807) is 18.3 Å². The van der Waals surface area contributed by atoms with Crippen molar-refractivity contribution in [2.45, 2.75) is 26.4 Å². The Morgan fingerprint density at radius 3 is 2.55 bits per heavy atom. The molecular weight excluding hydrogens is 292 g/mol. The van der Waals surface area contributed by atoms with Gasteiger partial charge in [-0.2, -0.15) is 0 Å². The fraction of sp³-hybridized carbons (Fsp3) is 0.286. The average Bonchev–Trinajstić information content (AvgIpc) is 2.90. The summed E-state index contributed by atoms with van der Waals surface area (Å²) in [4.78, 5) is 8.36. The summed E-state index contributed by atoms with van der Waals surface area (Å²) >= 11 is 0. The summed E-state index contributed by atoms with van der Waals surface area (Å²) in [6.45, 7) is 3.81. The molecule has 0 bridgehead atoms. The van der Waals surface area contributed by atoms with Crippen LogP contribution in [0.15, 0.2) is 30.7 Å². The average molecular weight is 305 g/mol. The Kier molecular flexibility index (Phi) is 3.66. The predicted molar refractivity (Wildman–Crippen MR) is 74.7 cm³/mol. The van der Waals surface area contributed by atoms with E-state index in [-0.39, 0.29) is 11.8 Å². The van der Waals surface area contributed by atoms with Crippen LogP contribution in [0.5, 0.6) is 5.88 Å². The fourth-order valence-corrected chi connectivity index (χ4v) is 1.96. The summed E-state index contributed by atoms with van der Waals surface area (Å²) in [5, 5.41) is 7.12. The van der Waals surface area contributed by atoms with Crippen molar-refractivity contribution in [3.63, 3.8) is 0 Å². The third-order valence-corrected chi connectivity index (χ3v) is 2.90. The zero-order chi connectivity index (χ0) is 15.7. The van der Waals surface area contributed by atoms with E-state index in [9.17, 15) is 8.78 Å². The van der Waals surface area contributed by atoms with Gasteiger partial charge in [-0.25, -0.2) is 13.8 Å². The third-order valence-electron chi connectivity index (χ3n) is 2.90. The number of hydrogen-bond acceptors (Lipinski definition) is 5. The molecule has 0 aromatic carbocycles. The Bertz CT molecular complexity index is 786. The molecule has 0 radical (unpaired) electrons. The van der Waals surface area contributed by atoms with E-state index in [2.05, 4.69) is 20.2 Å². The van der Waals surface area contributed by atoms with Crippen LogP contribution >= 0.6 is 0 Å². The minimum atomic E-state index is -2.70. The molecule has 3 aromatic heterocycles. The van der Waals surface area contributed by atoms with Crippen LogP contribution in [0.1, 0.15) is 26.1 Å². The van der Waals surface area contributed by atoms with Crippen LogP contribution in [0.3, 0.4) is 0 Å². The van der Waals surface area contributed by atoms with Gasteiger partial charge >= 0.3 is 0 Å². The number of rotatable bonds is 4. The molecule has 0 N–H and O–H groups in total. The largest absolute Gasteiger partial charge is 0.475 e. The number of aromatic nitrogens is 5. The Hall–Kier alpha value is -2.64. The minimum Gasteiger partial charge on any atom is -0.475 e. The minimum absolute atomic E-state index is 0.0263. The van der Waals surface area contributed by atoms with Gasteiger partial charge in [0.05, 0.1) is 18.0 Å². The standard InChI is InChI=1S/C14H13F2N5O/c1-8(2)22-12-4-3-9(5-18-12)10-7-21-11(6-17-10)19-20-14(21)13(15)16/h3-8,13H,1-2H3. The van der Waals surface area contributed by atoms with Crippen molar-refractivity contribution in [2.75, 3.05) is 0 Å². The molecule has 0 aliphatic carbocycles. The van der Waals surface area contributed by atoms with Crippen molar-refractivity contribution in [1.82, 2.24) is 24.6 Å². The van der Waals surface area contributed by atoms with E-state index in [1.165, 1.54) is 16.8 Å². The highest BCUT2D eigenvalue weighted by atomic mass is 19.3. The van der Waals surface area contributed by atoms with Gasteiger partial charge in [0.1, 0.15) is 0 Å². The van der Waals surface area contributed by atoms with Crippen LogP contribution in [-0.2, 0) is 0 Å². The highest BCUT2D eigenvalue weighted by Gasteiger charge is 2.16. The van der Waals surface area contributed by atoms with Gasteiger partial charge in [-0.05, 0) is 19.9 Å². The Morgan fingerprint density at radius 2 is 1.91 bits per heavy atom. The number of ether oxygens (including phenoxy) is 1. The molecule has 0 saturated heterocycles. The van der Waals surface area contributed by atoms with Gasteiger partial charge in [0, 0.05) is 24.0 Å². The Labute approximate surface area is 124 Å². The van der Waals surface area contributed by atoms with Crippen LogP contribution in [-0.4, -0.2) is 30.7 Å². The lowest BCUT2D eigenvalue weighted by Gasteiger charge is -2.08. The number of fused-ring (bicyclic) bond motifs is 1. The van der Waals surface area contributed by atoms with E-state index >= 15 is 0 Å². The molecule has 6 nitrogen and oxygen atoms in total. The van der Waals surface area contributed by atoms with Crippen molar-refractivity contribution >= 4 is 5.65 Å². The first-order valence-electron chi connectivity index (χ1n) is 6.66. The number of halogens is 2.